The number of ether oxygens (including phenoxy) is 1. The van der Waals surface area contributed by atoms with E-state index in [1.165, 1.54) is 6.07 Å². The second-order valence-electron chi connectivity index (χ2n) is 3.77. The van der Waals surface area contributed by atoms with Gasteiger partial charge in [-0.05, 0) is 38.4 Å². The largest absolute Gasteiger partial charge is 0.382 e. The van der Waals surface area contributed by atoms with Gasteiger partial charge in [-0.2, -0.15) is 0 Å². The molecule has 0 aromatic heterocycles. The summed E-state index contributed by atoms with van der Waals surface area (Å²) < 4.78 is 18.7. The molecule has 0 heterocycles. The lowest BCUT2D eigenvalue weighted by Crippen LogP contribution is -2.29. The minimum absolute atomic E-state index is 0.126. The molecule has 0 bridgehead atoms. The summed E-state index contributed by atoms with van der Waals surface area (Å²) in [5.41, 5.74) is 0.762. The molecule has 0 saturated heterocycles. The van der Waals surface area contributed by atoms with Crippen LogP contribution in [0.4, 0.5) is 4.39 Å². The number of halogens is 1. The minimum Gasteiger partial charge on any atom is -0.382 e. The normalized spacial score (nSPS) is 12.7. The van der Waals surface area contributed by atoms with E-state index in [4.69, 9.17) is 4.74 Å². The monoisotopic (exact) mass is 225 g/mol. The van der Waals surface area contributed by atoms with Crippen LogP contribution in [0.3, 0.4) is 0 Å². The molecule has 16 heavy (non-hydrogen) atoms. The van der Waals surface area contributed by atoms with Crippen molar-refractivity contribution in [2.45, 2.75) is 25.8 Å². The van der Waals surface area contributed by atoms with Gasteiger partial charge in [0.1, 0.15) is 5.82 Å². The summed E-state index contributed by atoms with van der Waals surface area (Å²) in [4.78, 5) is 0. The molecule has 0 spiro atoms. The first-order valence-electron chi connectivity index (χ1n) is 5.76. The molecule has 2 nitrogen and oxygen atoms in total. The molecular formula is C13H20FNO. The maximum Gasteiger partial charge on any atom is 0.126 e. The topological polar surface area (TPSA) is 21.3 Å². The highest BCUT2D eigenvalue weighted by atomic mass is 19.1. The molecule has 0 aliphatic heterocycles. The van der Waals surface area contributed by atoms with Crippen LogP contribution in [0.5, 0.6) is 0 Å². The Balaban J connectivity index is 2.46. The fraction of sp³-hybridized carbons (Fsp3) is 0.538. The van der Waals surface area contributed by atoms with E-state index in [-0.39, 0.29) is 11.9 Å². The molecule has 0 aliphatic carbocycles. The maximum atomic E-state index is 13.4. The molecule has 1 rings (SSSR count). The van der Waals surface area contributed by atoms with E-state index >= 15 is 0 Å². The van der Waals surface area contributed by atoms with Crippen LogP contribution in [0, 0.1) is 5.82 Å². The standard InChI is InChI=1S/C13H20FNO/c1-3-16-9-8-12(15-2)10-11-6-4-5-7-13(11)14/h4-7,12,15H,3,8-10H2,1-2H3. The molecule has 3 heteroatoms. The van der Waals surface area contributed by atoms with Crippen LogP contribution < -0.4 is 5.32 Å². The summed E-state index contributed by atoms with van der Waals surface area (Å²) >= 11 is 0. The maximum absolute atomic E-state index is 13.4. The van der Waals surface area contributed by atoms with Gasteiger partial charge >= 0.3 is 0 Å². The summed E-state index contributed by atoms with van der Waals surface area (Å²) in [6.07, 6.45) is 1.61. The van der Waals surface area contributed by atoms with E-state index in [1.807, 2.05) is 26.1 Å². The van der Waals surface area contributed by atoms with Crippen LogP contribution in [0.25, 0.3) is 0 Å². The van der Waals surface area contributed by atoms with Gasteiger partial charge in [-0.3, -0.25) is 0 Å². The molecule has 90 valence electrons. The average molecular weight is 225 g/mol. The highest BCUT2D eigenvalue weighted by Crippen LogP contribution is 2.10. The van der Waals surface area contributed by atoms with Crippen molar-refractivity contribution in [2.75, 3.05) is 20.3 Å². The van der Waals surface area contributed by atoms with Crippen molar-refractivity contribution in [3.8, 4) is 0 Å². The van der Waals surface area contributed by atoms with Crippen molar-refractivity contribution >= 4 is 0 Å². The molecule has 1 aromatic carbocycles. The summed E-state index contributed by atoms with van der Waals surface area (Å²) in [5.74, 6) is -0.126. The average Bonchev–Trinajstić information content (AvgIpc) is 2.30. The van der Waals surface area contributed by atoms with Gasteiger partial charge < -0.3 is 10.1 Å². The first kappa shape index (κ1) is 13.1. The second-order valence-corrected chi connectivity index (χ2v) is 3.77. The zero-order chi connectivity index (χ0) is 11.8. The first-order valence-corrected chi connectivity index (χ1v) is 5.76. The zero-order valence-corrected chi connectivity index (χ0v) is 10.0. The number of hydrogen-bond acceptors (Lipinski definition) is 2. The van der Waals surface area contributed by atoms with Gasteiger partial charge in [-0.25, -0.2) is 4.39 Å². The molecule has 1 atom stereocenters. The Hall–Kier alpha value is -0.930. The van der Waals surface area contributed by atoms with Crippen LogP contribution in [-0.2, 0) is 11.2 Å². The fourth-order valence-electron chi connectivity index (χ4n) is 1.65. The van der Waals surface area contributed by atoms with E-state index in [1.54, 1.807) is 6.07 Å². The molecule has 0 amide bonds. The summed E-state index contributed by atoms with van der Waals surface area (Å²) in [6, 6.07) is 7.19. The predicted octanol–water partition coefficient (Wildman–Crippen LogP) is 2.38. The molecular weight excluding hydrogens is 205 g/mol. The molecule has 1 N–H and O–H groups in total. The third-order valence-corrected chi connectivity index (χ3v) is 2.65. The van der Waals surface area contributed by atoms with Crippen LogP contribution in [0.15, 0.2) is 24.3 Å². The number of benzene rings is 1. The van der Waals surface area contributed by atoms with Gasteiger partial charge in [0.2, 0.25) is 0 Å². The Morgan fingerprint density at radius 2 is 2.12 bits per heavy atom. The Kier molecular flexibility index (Phi) is 6.04. The van der Waals surface area contributed by atoms with E-state index in [2.05, 4.69) is 5.32 Å². The van der Waals surface area contributed by atoms with Gasteiger partial charge in [-0.1, -0.05) is 18.2 Å². The Morgan fingerprint density at radius 3 is 2.75 bits per heavy atom. The van der Waals surface area contributed by atoms with E-state index in [0.29, 0.717) is 6.42 Å². The number of hydrogen-bond donors (Lipinski definition) is 1. The second kappa shape index (κ2) is 7.36. The Bertz CT molecular complexity index is 304. The van der Waals surface area contributed by atoms with Crippen molar-refractivity contribution < 1.29 is 9.13 Å². The van der Waals surface area contributed by atoms with Crippen LogP contribution >= 0.6 is 0 Å². The smallest absolute Gasteiger partial charge is 0.126 e. The van der Waals surface area contributed by atoms with E-state index in [9.17, 15) is 4.39 Å². The van der Waals surface area contributed by atoms with E-state index in [0.717, 1.165) is 25.2 Å². The van der Waals surface area contributed by atoms with Crippen LogP contribution in [0.1, 0.15) is 18.9 Å². The fourth-order valence-corrected chi connectivity index (χ4v) is 1.65. The molecule has 0 fully saturated rings. The third-order valence-electron chi connectivity index (χ3n) is 2.65. The van der Waals surface area contributed by atoms with Crippen LogP contribution in [0.2, 0.25) is 0 Å². The highest BCUT2D eigenvalue weighted by molar-refractivity contribution is 5.18. The molecule has 0 saturated carbocycles. The molecule has 1 unspecified atom stereocenters. The lowest BCUT2D eigenvalue weighted by molar-refractivity contribution is 0.137. The summed E-state index contributed by atoms with van der Waals surface area (Å²) in [7, 11) is 1.90. The Labute approximate surface area is 96.8 Å². The molecule has 1 aromatic rings. The Morgan fingerprint density at radius 1 is 1.38 bits per heavy atom. The first-order chi connectivity index (χ1) is 7.77. The van der Waals surface area contributed by atoms with Gasteiger partial charge in [-0.15, -0.1) is 0 Å². The van der Waals surface area contributed by atoms with Crippen LogP contribution in [-0.4, -0.2) is 26.3 Å². The third kappa shape index (κ3) is 4.29. The van der Waals surface area contributed by atoms with Gasteiger partial charge in [0.05, 0.1) is 0 Å². The van der Waals surface area contributed by atoms with Gasteiger partial charge in [0.15, 0.2) is 0 Å². The molecule has 0 aliphatic rings. The van der Waals surface area contributed by atoms with Gasteiger partial charge in [0, 0.05) is 19.3 Å². The van der Waals surface area contributed by atoms with Crippen molar-refractivity contribution in [1.29, 1.82) is 0 Å². The zero-order valence-electron chi connectivity index (χ0n) is 10.0. The lowest BCUT2D eigenvalue weighted by Gasteiger charge is -2.16. The summed E-state index contributed by atoms with van der Waals surface area (Å²) in [6.45, 7) is 3.43. The van der Waals surface area contributed by atoms with Crippen molar-refractivity contribution in [3.63, 3.8) is 0 Å². The van der Waals surface area contributed by atoms with Crippen molar-refractivity contribution in [2.24, 2.45) is 0 Å². The quantitative estimate of drug-likeness (QED) is 0.719. The van der Waals surface area contributed by atoms with Gasteiger partial charge in [0.25, 0.3) is 0 Å². The lowest BCUT2D eigenvalue weighted by atomic mass is 10.0. The van der Waals surface area contributed by atoms with E-state index < -0.39 is 0 Å². The molecule has 0 radical (unpaired) electrons. The van der Waals surface area contributed by atoms with Crippen molar-refractivity contribution in [3.05, 3.63) is 35.6 Å². The summed E-state index contributed by atoms with van der Waals surface area (Å²) in [5, 5.41) is 3.19. The van der Waals surface area contributed by atoms with Crippen molar-refractivity contribution in [1.82, 2.24) is 5.32 Å². The number of nitrogens with one attached hydrogen (secondary N) is 1. The SMILES string of the molecule is CCOCCC(Cc1ccccc1F)NC. The predicted molar refractivity (Wildman–Crippen MR) is 64.1 cm³/mol. The minimum atomic E-state index is -0.126. The number of likely N-dealkylation sites (N-methyl/N-ethyl adjacent to an activating group) is 1. The number of rotatable bonds is 7. The highest BCUT2D eigenvalue weighted by Gasteiger charge is 2.09.